The Labute approximate surface area is 84.5 Å². The Morgan fingerprint density at radius 2 is 2.00 bits per heavy atom. The molecule has 0 aliphatic rings. The van der Waals surface area contributed by atoms with Crippen LogP contribution in [0.2, 0.25) is 0 Å². The van der Waals surface area contributed by atoms with Crippen LogP contribution in [0, 0.1) is 5.92 Å². The molecule has 0 aliphatic carbocycles. The Kier molecular flexibility index (Phi) is 6.75. The van der Waals surface area contributed by atoms with Crippen LogP contribution in [0.4, 0.5) is 0 Å². The smallest absolute Gasteiger partial charge is 0.113 e. The zero-order valence-electron chi connectivity index (χ0n) is 9.53. The average molecular weight is 178 g/mol. The monoisotopic (exact) mass is 178 g/mol. The van der Waals surface area contributed by atoms with Crippen molar-refractivity contribution in [1.29, 1.82) is 0 Å². The fourth-order valence-corrected chi connectivity index (χ4v) is 1.65. The first-order chi connectivity index (χ1) is 6.06. The summed E-state index contributed by atoms with van der Waals surface area (Å²) in [6.45, 7) is 12.5. The van der Waals surface area contributed by atoms with Gasteiger partial charge in [-0.3, -0.25) is 0 Å². The largest absolute Gasteiger partial charge is 0.133 e. The molecule has 0 spiro atoms. The van der Waals surface area contributed by atoms with Gasteiger partial charge in [0.05, 0.1) is 0 Å². The summed E-state index contributed by atoms with van der Waals surface area (Å²) in [6, 6.07) is 0. The van der Waals surface area contributed by atoms with Gasteiger partial charge in [-0.2, -0.15) is 0 Å². The van der Waals surface area contributed by atoms with E-state index in [-0.39, 0.29) is 0 Å². The van der Waals surface area contributed by atoms with E-state index in [0.717, 1.165) is 12.3 Å². The maximum absolute atomic E-state index is 4.08. The topological polar surface area (TPSA) is 0 Å². The third-order valence-corrected chi connectivity index (χ3v) is 2.24. The minimum Gasteiger partial charge on any atom is -0.113 e. The second kappa shape index (κ2) is 7.00. The summed E-state index contributed by atoms with van der Waals surface area (Å²) in [5, 5.41) is 0. The Bertz CT molecular complexity index is 170. The van der Waals surface area contributed by atoms with Gasteiger partial charge in [0.2, 0.25) is 0 Å². The Morgan fingerprint density at radius 3 is 2.46 bits per heavy atom. The molecule has 13 heavy (non-hydrogen) atoms. The fourth-order valence-electron chi connectivity index (χ4n) is 1.65. The van der Waals surface area contributed by atoms with Crippen LogP contribution in [0.3, 0.4) is 0 Å². The Morgan fingerprint density at radius 1 is 1.38 bits per heavy atom. The van der Waals surface area contributed by atoms with Crippen LogP contribution in [0.1, 0.15) is 46.0 Å². The van der Waals surface area contributed by atoms with Gasteiger partial charge in [-0.15, -0.1) is 12.1 Å². The molecule has 0 saturated heterocycles. The highest BCUT2D eigenvalue weighted by molar-refractivity contribution is 6.21. The summed E-state index contributed by atoms with van der Waals surface area (Å²) in [5.41, 5.74) is 2.57. The van der Waals surface area contributed by atoms with Gasteiger partial charge < -0.3 is 0 Å². The normalized spacial score (nSPS) is 12.5. The molecule has 0 bridgehead atoms. The van der Waals surface area contributed by atoms with Crippen molar-refractivity contribution in [3.05, 3.63) is 24.2 Å². The minimum absolute atomic E-state index is 0.798. The standard InChI is InChI=1S/C12H23B/c1-5-6-7-10(2)8-11(3)9-12(4)13/h10H,3-9,13H2,1-2H3. The van der Waals surface area contributed by atoms with E-state index in [9.17, 15) is 0 Å². The van der Waals surface area contributed by atoms with Crippen molar-refractivity contribution in [2.75, 3.05) is 0 Å². The van der Waals surface area contributed by atoms with Crippen LogP contribution in [0.15, 0.2) is 24.2 Å². The van der Waals surface area contributed by atoms with E-state index in [1.807, 2.05) is 0 Å². The summed E-state index contributed by atoms with van der Waals surface area (Å²) in [7, 11) is 2.07. The van der Waals surface area contributed by atoms with Gasteiger partial charge in [0, 0.05) is 0 Å². The van der Waals surface area contributed by atoms with Gasteiger partial charge in [-0.1, -0.05) is 45.3 Å². The maximum Gasteiger partial charge on any atom is 0.133 e. The molecule has 0 saturated carbocycles. The van der Waals surface area contributed by atoms with Crippen LogP contribution in [0.25, 0.3) is 0 Å². The molecular weight excluding hydrogens is 155 g/mol. The van der Waals surface area contributed by atoms with Crippen molar-refractivity contribution in [1.82, 2.24) is 0 Å². The van der Waals surface area contributed by atoms with Crippen molar-refractivity contribution in [3.63, 3.8) is 0 Å². The van der Waals surface area contributed by atoms with Crippen LogP contribution < -0.4 is 0 Å². The predicted molar refractivity (Wildman–Crippen MR) is 64.7 cm³/mol. The predicted octanol–water partition coefficient (Wildman–Crippen LogP) is 3.30. The van der Waals surface area contributed by atoms with Gasteiger partial charge in [-0.25, -0.2) is 0 Å². The molecule has 0 aromatic carbocycles. The summed E-state index contributed by atoms with van der Waals surface area (Å²) >= 11 is 0. The van der Waals surface area contributed by atoms with Gasteiger partial charge in [0.1, 0.15) is 7.85 Å². The lowest BCUT2D eigenvalue weighted by atomic mass is 9.87. The molecule has 1 atom stereocenters. The van der Waals surface area contributed by atoms with Crippen LogP contribution >= 0.6 is 0 Å². The molecule has 0 aromatic heterocycles. The lowest BCUT2D eigenvalue weighted by Gasteiger charge is -2.12. The van der Waals surface area contributed by atoms with E-state index in [1.54, 1.807) is 0 Å². The molecule has 0 aromatic rings. The van der Waals surface area contributed by atoms with Crippen LogP contribution in [-0.4, -0.2) is 7.85 Å². The molecule has 0 aliphatic heterocycles. The highest BCUT2D eigenvalue weighted by Gasteiger charge is 2.03. The number of hydrogen-bond donors (Lipinski definition) is 0. The van der Waals surface area contributed by atoms with Crippen molar-refractivity contribution < 1.29 is 0 Å². The lowest BCUT2D eigenvalue weighted by Crippen LogP contribution is -1.97. The van der Waals surface area contributed by atoms with Crippen molar-refractivity contribution >= 4 is 7.85 Å². The maximum atomic E-state index is 4.08. The second-order valence-electron chi connectivity index (χ2n) is 4.34. The summed E-state index contributed by atoms with van der Waals surface area (Å²) in [5.74, 6) is 0.798. The fraction of sp³-hybridized carbons (Fsp3) is 0.667. The molecule has 0 amide bonds. The first-order valence-corrected chi connectivity index (χ1v) is 5.37. The molecule has 0 radical (unpaired) electrons. The highest BCUT2D eigenvalue weighted by atomic mass is 14.1. The van der Waals surface area contributed by atoms with E-state index in [4.69, 9.17) is 0 Å². The first kappa shape index (κ1) is 12.5. The third kappa shape index (κ3) is 7.89. The first-order valence-electron chi connectivity index (χ1n) is 5.37. The summed E-state index contributed by atoms with van der Waals surface area (Å²) < 4.78 is 0. The molecule has 1 unspecified atom stereocenters. The molecule has 1 heteroatoms. The van der Waals surface area contributed by atoms with Gasteiger partial charge in [0.25, 0.3) is 0 Å². The number of rotatable bonds is 7. The zero-order chi connectivity index (χ0) is 10.3. The van der Waals surface area contributed by atoms with Gasteiger partial charge in [0.15, 0.2) is 0 Å². The third-order valence-electron chi connectivity index (χ3n) is 2.24. The zero-order valence-corrected chi connectivity index (χ0v) is 9.53. The molecule has 74 valence electrons. The Balaban J connectivity index is 3.59. The molecule has 0 rings (SSSR count). The van der Waals surface area contributed by atoms with Crippen LogP contribution in [0.5, 0.6) is 0 Å². The Hall–Kier alpha value is -0.455. The second-order valence-corrected chi connectivity index (χ2v) is 4.34. The molecule has 0 fully saturated rings. The molecule has 0 heterocycles. The SMILES string of the molecule is BC(=C)CC(=C)CC(C)CCCC. The summed E-state index contributed by atoms with van der Waals surface area (Å²) in [4.78, 5) is 0. The van der Waals surface area contributed by atoms with Crippen LogP contribution in [-0.2, 0) is 0 Å². The van der Waals surface area contributed by atoms with Crippen molar-refractivity contribution in [2.24, 2.45) is 5.92 Å². The average Bonchev–Trinajstić information content (AvgIpc) is 1.98. The number of allylic oxidation sites excluding steroid dienone is 2. The van der Waals surface area contributed by atoms with Crippen molar-refractivity contribution in [3.8, 4) is 0 Å². The quantitative estimate of drug-likeness (QED) is 0.414. The molecular formula is C12H23B. The number of hydrogen-bond acceptors (Lipinski definition) is 0. The summed E-state index contributed by atoms with van der Waals surface area (Å²) in [6.07, 6.45) is 6.17. The number of unbranched alkanes of at least 4 members (excludes halogenated alkanes) is 1. The van der Waals surface area contributed by atoms with E-state index in [2.05, 4.69) is 34.9 Å². The molecule has 0 N–H and O–H groups in total. The van der Waals surface area contributed by atoms with E-state index < -0.39 is 0 Å². The minimum atomic E-state index is 0.798. The highest BCUT2D eigenvalue weighted by Crippen LogP contribution is 2.19. The van der Waals surface area contributed by atoms with E-state index >= 15 is 0 Å². The van der Waals surface area contributed by atoms with E-state index in [1.165, 1.54) is 36.7 Å². The van der Waals surface area contributed by atoms with Gasteiger partial charge >= 0.3 is 0 Å². The van der Waals surface area contributed by atoms with E-state index in [0.29, 0.717) is 0 Å². The molecule has 0 nitrogen and oxygen atoms in total. The lowest BCUT2D eigenvalue weighted by molar-refractivity contribution is 0.499. The van der Waals surface area contributed by atoms with Crippen molar-refractivity contribution in [2.45, 2.75) is 46.0 Å². The van der Waals surface area contributed by atoms with Gasteiger partial charge in [-0.05, 0) is 18.8 Å².